The number of nitrogens with zero attached hydrogens (tertiary/aromatic N) is 1. The second-order valence-corrected chi connectivity index (χ2v) is 5.78. The highest BCUT2D eigenvalue weighted by Gasteiger charge is 1.98. The van der Waals surface area contributed by atoms with Crippen LogP contribution in [-0.2, 0) is 19.5 Å². The van der Waals surface area contributed by atoms with E-state index in [0.717, 1.165) is 30.4 Å². The first kappa shape index (κ1) is 12.7. The van der Waals surface area contributed by atoms with Crippen molar-refractivity contribution in [3.63, 3.8) is 0 Å². The Labute approximate surface area is 111 Å². The molecule has 0 aliphatic heterocycles. The maximum Gasteiger partial charge on any atom is 0.0931 e. The average Bonchev–Trinajstić information content (AvgIpc) is 2.93. The van der Waals surface area contributed by atoms with E-state index in [1.165, 1.54) is 10.4 Å². The van der Waals surface area contributed by atoms with E-state index in [0.29, 0.717) is 0 Å². The standard InChI is InChI=1S/C13H17ClN2S/c1-2-16-8-6-11(10-16)9-15-7-5-12-3-4-13(14)17-12/h3-4,6,8,10,15H,2,5,7,9H2,1H3. The van der Waals surface area contributed by atoms with Gasteiger partial charge >= 0.3 is 0 Å². The van der Waals surface area contributed by atoms with Gasteiger partial charge < -0.3 is 9.88 Å². The minimum Gasteiger partial charge on any atom is -0.354 e. The van der Waals surface area contributed by atoms with Crippen molar-refractivity contribution in [2.45, 2.75) is 26.4 Å². The predicted octanol–water partition coefficient (Wildman–Crippen LogP) is 3.56. The summed E-state index contributed by atoms with van der Waals surface area (Å²) < 4.78 is 3.07. The van der Waals surface area contributed by atoms with Crippen LogP contribution in [-0.4, -0.2) is 11.1 Å². The summed E-state index contributed by atoms with van der Waals surface area (Å²) in [5.74, 6) is 0. The minimum absolute atomic E-state index is 0.875. The van der Waals surface area contributed by atoms with Crippen LogP contribution in [0.2, 0.25) is 4.34 Å². The fourth-order valence-corrected chi connectivity index (χ4v) is 2.81. The van der Waals surface area contributed by atoms with Crippen molar-refractivity contribution in [1.29, 1.82) is 0 Å². The van der Waals surface area contributed by atoms with E-state index in [-0.39, 0.29) is 0 Å². The normalized spacial score (nSPS) is 10.9. The Morgan fingerprint density at radius 3 is 2.88 bits per heavy atom. The van der Waals surface area contributed by atoms with Gasteiger partial charge in [0.15, 0.2) is 0 Å². The zero-order valence-electron chi connectivity index (χ0n) is 9.95. The Bertz CT molecular complexity index is 461. The van der Waals surface area contributed by atoms with Gasteiger partial charge in [-0.2, -0.15) is 0 Å². The lowest BCUT2D eigenvalue weighted by Crippen LogP contribution is -2.15. The largest absolute Gasteiger partial charge is 0.354 e. The van der Waals surface area contributed by atoms with Crippen molar-refractivity contribution in [2.75, 3.05) is 6.54 Å². The van der Waals surface area contributed by atoms with Gasteiger partial charge in [-0.25, -0.2) is 0 Å². The lowest BCUT2D eigenvalue weighted by Gasteiger charge is -2.01. The SMILES string of the molecule is CCn1ccc(CNCCc2ccc(Cl)s2)c1. The van der Waals surface area contributed by atoms with Gasteiger partial charge in [-0.15, -0.1) is 11.3 Å². The molecule has 0 bridgehead atoms. The maximum absolute atomic E-state index is 5.88. The number of halogens is 1. The van der Waals surface area contributed by atoms with Crippen molar-refractivity contribution in [2.24, 2.45) is 0 Å². The number of hydrogen-bond acceptors (Lipinski definition) is 2. The van der Waals surface area contributed by atoms with E-state index in [2.05, 4.69) is 41.3 Å². The molecular weight excluding hydrogens is 252 g/mol. The fourth-order valence-electron chi connectivity index (χ4n) is 1.72. The Kier molecular flexibility index (Phi) is 4.66. The first-order chi connectivity index (χ1) is 8.28. The summed E-state index contributed by atoms with van der Waals surface area (Å²) in [5.41, 5.74) is 1.34. The highest BCUT2D eigenvalue weighted by molar-refractivity contribution is 7.16. The summed E-state index contributed by atoms with van der Waals surface area (Å²) in [6.07, 6.45) is 5.36. The molecule has 2 aromatic rings. The smallest absolute Gasteiger partial charge is 0.0931 e. The van der Waals surface area contributed by atoms with Gasteiger partial charge in [0.25, 0.3) is 0 Å². The van der Waals surface area contributed by atoms with Crippen LogP contribution in [0.4, 0.5) is 0 Å². The minimum atomic E-state index is 0.875. The summed E-state index contributed by atoms with van der Waals surface area (Å²) in [7, 11) is 0. The van der Waals surface area contributed by atoms with Crippen molar-refractivity contribution >= 4 is 22.9 Å². The molecule has 0 saturated heterocycles. The summed E-state index contributed by atoms with van der Waals surface area (Å²) >= 11 is 7.55. The Hall–Kier alpha value is -0.770. The number of thiophene rings is 1. The molecule has 2 rings (SSSR count). The van der Waals surface area contributed by atoms with Gasteiger partial charge in [0, 0.05) is 36.9 Å². The van der Waals surface area contributed by atoms with Crippen molar-refractivity contribution < 1.29 is 0 Å². The molecule has 2 nitrogen and oxygen atoms in total. The first-order valence-corrected chi connectivity index (χ1v) is 7.07. The van der Waals surface area contributed by atoms with E-state index in [1.54, 1.807) is 11.3 Å². The van der Waals surface area contributed by atoms with Crippen molar-refractivity contribution in [3.8, 4) is 0 Å². The maximum atomic E-state index is 5.88. The van der Waals surface area contributed by atoms with Crippen LogP contribution in [0.5, 0.6) is 0 Å². The van der Waals surface area contributed by atoms with E-state index in [1.807, 2.05) is 6.07 Å². The molecule has 2 aromatic heterocycles. The molecule has 1 N–H and O–H groups in total. The second-order valence-electron chi connectivity index (χ2n) is 3.98. The molecule has 0 spiro atoms. The van der Waals surface area contributed by atoms with Crippen LogP contribution < -0.4 is 5.32 Å². The van der Waals surface area contributed by atoms with Crippen LogP contribution in [0, 0.1) is 0 Å². The lowest BCUT2D eigenvalue weighted by molar-refractivity contribution is 0.686. The second kappa shape index (κ2) is 6.24. The highest BCUT2D eigenvalue weighted by atomic mass is 35.5. The molecular formula is C13H17ClN2S. The summed E-state index contributed by atoms with van der Waals surface area (Å²) in [6.45, 7) is 5.12. The molecule has 2 heterocycles. The van der Waals surface area contributed by atoms with Crippen LogP contribution in [0.3, 0.4) is 0 Å². The van der Waals surface area contributed by atoms with Gasteiger partial charge in [-0.05, 0) is 37.1 Å². The van der Waals surface area contributed by atoms with Gasteiger partial charge in [-0.1, -0.05) is 11.6 Å². The van der Waals surface area contributed by atoms with Crippen LogP contribution in [0.25, 0.3) is 0 Å². The van der Waals surface area contributed by atoms with Crippen molar-refractivity contribution in [1.82, 2.24) is 9.88 Å². The quantitative estimate of drug-likeness (QED) is 0.793. The zero-order chi connectivity index (χ0) is 12.1. The molecule has 4 heteroatoms. The van der Waals surface area contributed by atoms with Crippen LogP contribution in [0.1, 0.15) is 17.4 Å². The molecule has 92 valence electrons. The van der Waals surface area contributed by atoms with E-state index >= 15 is 0 Å². The number of hydrogen-bond donors (Lipinski definition) is 1. The predicted molar refractivity (Wildman–Crippen MR) is 74.8 cm³/mol. The van der Waals surface area contributed by atoms with E-state index in [4.69, 9.17) is 11.6 Å². The van der Waals surface area contributed by atoms with Gasteiger partial charge in [-0.3, -0.25) is 0 Å². The first-order valence-electron chi connectivity index (χ1n) is 5.87. The number of nitrogens with one attached hydrogen (secondary N) is 1. The van der Waals surface area contributed by atoms with Gasteiger partial charge in [0.1, 0.15) is 0 Å². The third kappa shape index (κ3) is 3.87. The lowest BCUT2D eigenvalue weighted by atomic mass is 10.3. The van der Waals surface area contributed by atoms with Crippen molar-refractivity contribution in [3.05, 3.63) is 45.4 Å². The molecule has 0 fully saturated rings. The molecule has 0 aliphatic carbocycles. The van der Waals surface area contributed by atoms with E-state index < -0.39 is 0 Å². The van der Waals surface area contributed by atoms with Gasteiger partial charge in [0.05, 0.1) is 4.34 Å². The molecule has 17 heavy (non-hydrogen) atoms. The molecule has 0 aliphatic rings. The number of aryl methyl sites for hydroxylation is 1. The highest BCUT2D eigenvalue weighted by Crippen LogP contribution is 2.21. The Balaban J connectivity index is 1.69. The number of aromatic nitrogens is 1. The fraction of sp³-hybridized carbons (Fsp3) is 0.385. The topological polar surface area (TPSA) is 17.0 Å². The van der Waals surface area contributed by atoms with Gasteiger partial charge in [0.2, 0.25) is 0 Å². The zero-order valence-corrected chi connectivity index (χ0v) is 11.5. The molecule has 0 aromatic carbocycles. The number of rotatable bonds is 6. The third-order valence-corrected chi connectivity index (χ3v) is 3.97. The van der Waals surface area contributed by atoms with Crippen LogP contribution >= 0.6 is 22.9 Å². The Morgan fingerprint density at radius 1 is 1.35 bits per heavy atom. The van der Waals surface area contributed by atoms with Crippen LogP contribution in [0.15, 0.2) is 30.6 Å². The molecule has 0 radical (unpaired) electrons. The molecule has 0 amide bonds. The molecule has 0 unspecified atom stereocenters. The molecule has 0 saturated carbocycles. The summed E-state index contributed by atoms with van der Waals surface area (Å²) in [4.78, 5) is 1.34. The average molecular weight is 269 g/mol. The molecule has 0 atom stereocenters. The third-order valence-electron chi connectivity index (χ3n) is 2.68. The summed E-state index contributed by atoms with van der Waals surface area (Å²) in [5, 5.41) is 3.45. The Morgan fingerprint density at radius 2 is 2.24 bits per heavy atom. The monoisotopic (exact) mass is 268 g/mol. The van der Waals surface area contributed by atoms with E-state index in [9.17, 15) is 0 Å². The summed E-state index contributed by atoms with van der Waals surface area (Å²) in [6, 6.07) is 6.23.